The monoisotopic (exact) mass is 441 g/mol. The van der Waals surface area contributed by atoms with E-state index < -0.39 is 24.7 Å². The van der Waals surface area contributed by atoms with Crippen LogP contribution in [0.3, 0.4) is 0 Å². The van der Waals surface area contributed by atoms with Gasteiger partial charge in [0.05, 0.1) is 35.1 Å². The van der Waals surface area contributed by atoms with Crippen LogP contribution in [0.4, 0.5) is 4.79 Å². The first kappa shape index (κ1) is 21.2. The maximum absolute atomic E-state index is 12.3. The number of nitrogens with one attached hydrogen (secondary N) is 2. The van der Waals surface area contributed by atoms with Gasteiger partial charge in [-0.15, -0.1) is 11.3 Å². The van der Waals surface area contributed by atoms with Gasteiger partial charge in [-0.3, -0.25) is 14.5 Å². The number of thiophene rings is 1. The van der Waals surface area contributed by atoms with Crippen molar-refractivity contribution >= 4 is 40.8 Å². The van der Waals surface area contributed by atoms with E-state index in [1.807, 2.05) is 0 Å². The zero-order valence-electron chi connectivity index (χ0n) is 15.6. The first-order chi connectivity index (χ1) is 13.9. The van der Waals surface area contributed by atoms with Crippen LogP contribution in [0.2, 0.25) is 4.34 Å². The number of carbonyl (C=O) groups is 3. The summed E-state index contributed by atoms with van der Waals surface area (Å²) in [5.74, 6) is -0.365. The molecule has 0 bridgehead atoms. The summed E-state index contributed by atoms with van der Waals surface area (Å²) in [6, 6.07) is 3.28. The summed E-state index contributed by atoms with van der Waals surface area (Å²) in [5.41, 5.74) is 1.23. The highest BCUT2D eigenvalue weighted by Crippen LogP contribution is 2.29. The topological polar surface area (TPSA) is 117 Å². The Balaban J connectivity index is 1.63. The summed E-state index contributed by atoms with van der Waals surface area (Å²) in [5, 5.41) is 14.2. The molecule has 11 heteroatoms. The summed E-state index contributed by atoms with van der Waals surface area (Å²) >= 11 is 7.01. The lowest BCUT2D eigenvalue weighted by atomic mass is 10.0. The second-order valence-electron chi connectivity index (χ2n) is 6.32. The van der Waals surface area contributed by atoms with Crippen LogP contribution in [0.5, 0.6) is 0 Å². The molecule has 9 nitrogen and oxygen atoms in total. The molecule has 0 radical (unpaired) electrons. The van der Waals surface area contributed by atoms with Crippen LogP contribution < -0.4 is 10.6 Å². The number of ether oxygens (including phenoxy) is 2. The number of cyclic esters (lactones) is 1. The van der Waals surface area contributed by atoms with Crippen molar-refractivity contribution in [2.75, 3.05) is 26.8 Å². The predicted molar refractivity (Wildman–Crippen MR) is 105 cm³/mol. The van der Waals surface area contributed by atoms with E-state index >= 15 is 0 Å². The second kappa shape index (κ2) is 9.29. The number of hydrogen-bond acceptors (Lipinski definition) is 7. The van der Waals surface area contributed by atoms with E-state index in [2.05, 4.69) is 10.6 Å². The molecule has 2 aliphatic rings. The molecule has 156 valence electrons. The molecular formula is C18H20ClN3O6S. The maximum atomic E-state index is 12.3. The van der Waals surface area contributed by atoms with Crippen LogP contribution in [0, 0.1) is 0 Å². The molecule has 1 atom stereocenters. The second-order valence-corrected chi connectivity index (χ2v) is 8.04. The van der Waals surface area contributed by atoms with Gasteiger partial charge in [-0.1, -0.05) is 11.6 Å². The van der Waals surface area contributed by atoms with Gasteiger partial charge in [0.25, 0.3) is 5.91 Å². The minimum Gasteiger partial charge on any atom is -0.495 e. The zero-order valence-corrected chi connectivity index (χ0v) is 17.1. The van der Waals surface area contributed by atoms with E-state index in [4.69, 9.17) is 26.2 Å². The molecule has 3 rings (SSSR count). The van der Waals surface area contributed by atoms with Crippen molar-refractivity contribution in [3.05, 3.63) is 44.6 Å². The molecule has 1 aliphatic heterocycles. The van der Waals surface area contributed by atoms with Crippen molar-refractivity contribution < 1.29 is 29.0 Å². The quantitative estimate of drug-likeness (QED) is 0.591. The lowest BCUT2D eigenvalue weighted by Crippen LogP contribution is -2.34. The van der Waals surface area contributed by atoms with Crippen molar-refractivity contribution in [1.82, 2.24) is 15.5 Å². The van der Waals surface area contributed by atoms with E-state index in [-0.39, 0.29) is 19.0 Å². The SMILES string of the molecule is COC1=C(N2CC(CNC(=O)c3ccc(Cl)s3)OC2=O)CCC(NC(=O)CO)=C1. The molecule has 1 aromatic heterocycles. The van der Waals surface area contributed by atoms with E-state index in [1.165, 1.54) is 23.3 Å². The Morgan fingerprint density at radius 3 is 2.86 bits per heavy atom. The lowest BCUT2D eigenvalue weighted by molar-refractivity contribution is -0.123. The minimum atomic E-state index is -0.611. The van der Waals surface area contributed by atoms with Gasteiger partial charge in [-0.2, -0.15) is 0 Å². The molecule has 0 saturated carbocycles. The Kier molecular flexibility index (Phi) is 6.78. The van der Waals surface area contributed by atoms with Crippen LogP contribution in [0.25, 0.3) is 0 Å². The zero-order chi connectivity index (χ0) is 21.0. The van der Waals surface area contributed by atoms with Crippen LogP contribution >= 0.6 is 22.9 Å². The fraction of sp³-hybridized carbons (Fsp3) is 0.389. The van der Waals surface area contributed by atoms with Crippen molar-refractivity contribution in [1.29, 1.82) is 0 Å². The third-order valence-corrected chi connectivity index (χ3v) is 5.60. The van der Waals surface area contributed by atoms with Crippen LogP contribution in [0.15, 0.2) is 35.4 Å². The third kappa shape index (κ3) is 5.08. The van der Waals surface area contributed by atoms with Gasteiger partial charge in [0, 0.05) is 11.8 Å². The number of aliphatic hydroxyl groups is 1. The fourth-order valence-electron chi connectivity index (χ4n) is 3.03. The number of rotatable bonds is 7. The number of hydrogen-bond donors (Lipinski definition) is 3. The highest BCUT2D eigenvalue weighted by Gasteiger charge is 2.36. The fourth-order valence-corrected chi connectivity index (χ4v) is 3.99. The van der Waals surface area contributed by atoms with Gasteiger partial charge in [0.15, 0.2) is 0 Å². The predicted octanol–water partition coefficient (Wildman–Crippen LogP) is 1.60. The molecule has 1 aliphatic carbocycles. The molecule has 0 aromatic carbocycles. The Hall–Kier alpha value is -2.56. The number of aliphatic hydroxyl groups excluding tert-OH is 1. The molecule has 1 saturated heterocycles. The smallest absolute Gasteiger partial charge is 0.414 e. The summed E-state index contributed by atoms with van der Waals surface area (Å²) in [6.45, 7) is -0.182. The Morgan fingerprint density at radius 2 is 2.21 bits per heavy atom. The van der Waals surface area contributed by atoms with Crippen LogP contribution in [0.1, 0.15) is 22.5 Å². The Bertz CT molecular complexity index is 881. The highest BCUT2D eigenvalue weighted by molar-refractivity contribution is 7.17. The van der Waals surface area contributed by atoms with Gasteiger partial charge in [0.2, 0.25) is 5.91 Å². The number of amides is 3. The number of allylic oxidation sites excluding steroid dienone is 3. The lowest BCUT2D eigenvalue weighted by Gasteiger charge is -2.24. The normalized spacial score (nSPS) is 19.0. The maximum Gasteiger partial charge on any atom is 0.414 e. The average molecular weight is 442 g/mol. The summed E-state index contributed by atoms with van der Waals surface area (Å²) in [6.07, 6.45) is 1.51. The van der Waals surface area contributed by atoms with E-state index in [0.29, 0.717) is 39.2 Å². The van der Waals surface area contributed by atoms with E-state index in [0.717, 1.165) is 0 Å². The average Bonchev–Trinajstić information content (AvgIpc) is 3.31. The summed E-state index contributed by atoms with van der Waals surface area (Å²) in [7, 11) is 1.47. The highest BCUT2D eigenvalue weighted by atomic mass is 35.5. The molecule has 1 aromatic rings. The van der Waals surface area contributed by atoms with Crippen molar-refractivity contribution in [2.45, 2.75) is 18.9 Å². The van der Waals surface area contributed by atoms with E-state index in [9.17, 15) is 14.4 Å². The van der Waals surface area contributed by atoms with Gasteiger partial charge in [-0.25, -0.2) is 4.79 Å². The number of halogens is 1. The summed E-state index contributed by atoms with van der Waals surface area (Å²) in [4.78, 5) is 37.8. The Morgan fingerprint density at radius 1 is 1.41 bits per heavy atom. The molecule has 29 heavy (non-hydrogen) atoms. The van der Waals surface area contributed by atoms with Crippen molar-refractivity contribution in [2.24, 2.45) is 0 Å². The third-order valence-electron chi connectivity index (χ3n) is 4.37. The van der Waals surface area contributed by atoms with Gasteiger partial charge >= 0.3 is 6.09 Å². The molecule has 3 N–H and O–H groups in total. The molecule has 1 fully saturated rings. The minimum absolute atomic E-state index is 0.167. The first-order valence-corrected chi connectivity index (χ1v) is 10.0. The Labute approximate surface area is 175 Å². The van der Waals surface area contributed by atoms with Gasteiger partial charge < -0.3 is 25.2 Å². The van der Waals surface area contributed by atoms with Crippen LogP contribution in [-0.4, -0.2) is 60.8 Å². The van der Waals surface area contributed by atoms with Gasteiger partial charge in [-0.05, 0) is 25.0 Å². The molecule has 3 amide bonds. The van der Waals surface area contributed by atoms with Gasteiger partial charge in [0.1, 0.15) is 18.5 Å². The first-order valence-electron chi connectivity index (χ1n) is 8.81. The number of nitrogens with zero attached hydrogens (tertiary/aromatic N) is 1. The van der Waals surface area contributed by atoms with Crippen molar-refractivity contribution in [3.8, 4) is 0 Å². The molecular weight excluding hydrogens is 422 g/mol. The number of carbonyl (C=O) groups excluding carboxylic acids is 3. The largest absolute Gasteiger partial charge is 0.495 e. The van der Waals surface area contributed by atoms with Crippen LogP contribution in [-0.2, 0) is 14.3 Å². The molecule has 2 heterocycles. The number of methoxy groups -OCH3 is 1. The summed E-state index contributed by atoms with van der Waals surface area (Å²) < 4.78 is 11.2. The standard InChI is InChI=1S/C18H20ClN3O6S/c1-27-13-6-10(21-16(24)9-23)2-3-12(13)22-8-11(28-18(22)26)7-20-17(25)14-4-5-15(19)29-14/h4-6,11,23H,2-3,7-9H2,1H3,(H,20,25)(H,21,24). The molecule has 0 spiro atoms. The molecule has 1 unspecified atom stereocenters. The van der Waals surface area contributed by atoms with Crippen molar-refractivity contribution in [3.63, 3.8) is 0 Å². The van der Waals surface area contributed by atoms with E-state index in [1.54, 1.807) is 18.2 Å².